The molecule has 3 saturated heterocycles. The molecule has 0 radical (unpaired) electrons. The molecular weight excluding hydrogens is 220 g/mol. The lowest BCUT2D eigenvalue weighted by atomic mass is 9.66. The lowest BCUT2D eigenvalue weighted by molar-refractivity contribution is -0.0985. The minimum absolute atomic E-state index is 0.443. The Hall–Kier alpha value is -0.610. The van der Waals surface area contributed by atoms with E-state index in [1.54, 1.807) is 11.3 Å². The number of hydrogen-bond donors (Lipinski definition) is 0. The summed E-state index contributed by atoms with van der Waals surface area (Å²) in [5.41, 5.74) is 0. The number of piperidine rings is 3. The fourth-order valence-corrected chi connectivity index (χ4v) is 4.47. The van der Waals surface area contributed by atoms with Crippen molar-refractivity contribution < 1.29 is 4.74 Å². The Labute approximate surface area is 99.4 Å². The van der Waals surface area contributed by atoms with Gasteiger partial charge in [0.15, 0.2) is 0 Å². The summed E-state index contributed by atoms with van der Waals surface area (Å²) < 4.78 is 6.11. The third-order valence-electron chi connectivity index (χ3n) is 4.35. The van der Waals surface area contributed by atoms with E-state index in [-0.39, 0.29) is 0 Å². The van der Waals surface area contributed by atoms with Crippen LogP contribution in [0.5, 0.6) is 5.19 Å². The van der Waals surface area contributed by atoms with Crippen LogP contribution in [0, 0.1) is 17.8 Å². The van der Waals surface area contributed by atoms with Crippen LogP contribution in [0.4, 0.5) is 0 Å². The minimum atomic E-state index is 0.443. The molecule has 4 heteroatoms. The first-order chi connectivity index (χ1) is 7.88. The van der Waals surface area contributed by atoms with Crippen LogP contribution in [-0.2, 0) is 0 Å². The van der Waals surface area contributed by atoms with Crippen LogP contribution in [0.15, 0.2) is 11.6 Å². The first-order valence-corrected chi connectivity index (χ1v) is 7.05. The summed E-state index contributed by atoms with van der Waals surface area (Å²) in [5.74, 6) is 2.47. The van der Waals surface area contributed by atoms with Crippen LogP contribution in [-0.4, -0.2) is 35.6 Å². The van der Waals surface area contributed by atoms with E-state index in [9.17, 15) is 0 Å². The average Bonchev–Trinajstić information content (AvgIpc) is 2.75. The van der Waals surface area contributed by atoms with Gasteiger partial charge in [0.1, 0.15) is 6.10 Å². The van der Waals surface area contributed by atoms with E-state index in [1.807, 2.05) is 11.6 Å². The van der Waals surface area contributed by atoms with Gasteiger partial charge in [-0.1, -0.05) is 11.3 Å². The lowest BCUT2D eigenvalue weighted by Crippen LogP contribution is -2.61. The first kappa shape index (κ1) is 9.42. The normalized spacial score (nSPS) is 44.9. The van der Waals surface area contributed by atoms with Gasteiger partial charge in [0.2, 0.25) is 0 Å². The Morgan fingerprint density at radius 3 is 2.69 bits per heavy atom. The van der Waals surface area contributed by atoms with Crippen LogP contribution in [0.25, 0.3) is 0 Å². The molecule has 3 nitrogen and oxygen atoms in total. The number of thiazole rings is 1. The predicted octanol–water partition coefficient (Wildman–Crippen LogP) is 1.86. The van der Waals surface area contributed by atoms with Crippen LogP contribution in [0.1, 0.15) is 12.8 Å². The molecule has 4 heterocycles. The van der Waals surface area contributed by atoms with Crippen molar-refractivity contribution >= 4 is 11.3 Å². The summed E-state index contributed by atoms with van der Waals surface area (Å²) in [7, 11) is 0. The zero-order valence-corrected chi connectivity index (χ0v) is 10.0. The molecule has 86 valence electrons. The summed E-state index contributed by atoms with van der Waals surface area (Å²) in [6.45, 7) is 3.85. The van der Waals surface area contributed by atoms with Crippen LogP contribution >= 0.6 is 11.3 Å². The van der Waals surface area contributed by atoms with Gasteiger partial charge in [0, 0.05) is 43.0 Å². The third kappa shape index (κ3) is 1.39. The second-order valence-electron chi connectivity index (χ2n) is 5.46. The Bertz CT molecular complexity index is 350. The Morgan fingerprint density at radius 2 is 2.06 bits per heavy atom. The van der Waals surface area contributed by atoms with E-state index >= 15 is 0 Å². The summed E-state index contributed by atoms with van der Waals surface area (Å²) >= 11 is 1.62. The molecule has 3 aliphatic heterocycles. The minimum Gasteiger partial charge on any atom is -0.466 e. The molecule has 0 N–H and O–H groups in total. The maximum Gasteiger partial charge on any atom is 0.273 e. The molecule has 1 saturated carbocycles. The summed E-state index contributed by atoms with van der Waals surface area (Å²) in [4.78, 5) is 6.88. The standard InChI is InChI=1S/C12H16N2OS/c1-2-16-12(13-1)15-11-9-3-8-4-10(11)7-14(5-8)6-9/h1-2,8-11H,3-7H2/t8?,9-,10-,11?/m1/s1. The topological polar surface area (TPSA) is 25.4 Å². The predicted molar refractivity (Wildman–Crippen MR) is 62.7 cm³/mol. The van der Waals surface area contributed by atoms with E-state index in [0.717, 1.165) is 22.9 Å². The van der Waals surface area contributed by atoms with Gasteiger partial charge in [-0.2, -0.15) is 0 Å². The molecule has 0 aromatic carbocycles. The van der Waals surface area contributed by atoms with Gasteiger partial charge in [-0.05, 0) is 18.8 Å². The molecule has 2 atom stereocenters. The van der Waals surface area contributed by atoms with Gasteiger partial charge >= 0.3 is 0 Å². The zero-order valence-electron chi connectivity index (χ0n) is 9.21. The van der Waals surface area contributed by atoms with Gasteiger partial charge < -0.3 is 9.64 Å². The van der Waals surface area contributed by atoms with E-state index < -0.39 is 0 Å². The van der Waals surface area contributed by atoms with E-state index in [0.29, 0.717) is 6.10 Å². The Balaban J connectivity index is 1.56. The van der Waals surface area contributed by atoms with Crippen LogP contribution in [0.3, 0.4) is 0 Å². The largest absolute Gasteiger partial charge is 0.466 e. The van der Waals surface area contributed by atoms with Crippen molar-refractivity contribution in [3.8, 4) is 5.19 Å². The van der Waals surface area contributed by atoms with Gasteiger partial charge in [-0.15, -0.1) is 0 Å². The summed E-state index contributed by atoms with van der Waals surface area (Å²) in [5, 5.41) is 2.86. The van der Waals surface area contributed by atoms with Gasteiger partial charge in [0.25, 0.3) is 5.19 Å². The molecule has 1 aromatic rings. The van der Waals surface area contributed by atoms with Crippen molar-refractivity contribution in [2.45, 2.75) is 18.9 Å². The Kier molecular flexibility index (Phi) is 2.03. The molecule has 4 fully saturated rings. The molecule has 4 bridgehead atoms. The molecule has 16 heavy (non-hydrogen) atoms. The van der Waals surface area contributed by atoms with Gasteiger partial charge in [0.05, 0.1) is 0 Å². The Morgan fingerprint density at radius 1 is 1.25 bits per heavy atom. The first-order valence-electron chi connectivity index (χ1n) is 6.17. The molecule has 4 aliphatic rings. The number of hydrogen-bond acceptors (Lipinski definition) is 4. The smallest absolute Gasteiger partial charge is 0.273 e. The molecule has 0 unspecified atom stereocenters. The quantitative estimate of drug-likeness (QED) is 0.783. The highest BCUT2D eigenvalue weighted by molar-refractivity contribution is 7.11. The van der Waals surface area contributed by atoms with Crippen molar-refractivity contribution in [1.82, 2.24) is 9.88 Å². The highest BCUT2D eigenvalue weighted by Crippen LogP contribution is 2.44. The monoisotopic (exact) mass is 236 g/mol. The molecule has 1 aromatic heterocycles. The van der Waals surface area contributed by atoms with Crippen LogP contribution in [0.2, 0.25) is 0 Å². The number of rotatable bonds is 2. The second kappa shape index (κ2) is 3.44. The summed E-state index contributed by atoms with van der Waals surface area (Å²) in [6.07, 6.45) is 5.03. The SMILES string of the molecule is c1csc(OC2[C@@H]3CC4C[C@@H]2CN(C4)C3)n1. The fraction of sp³-hybridized carbons (Fsp3) is 0.750. The van der Waals surface area contributed by atoms with Crippen molar-refractivity contribution in [2.75, 3.05) is 19.6 Å². The van der Waals surface area contributed by atoms with E-state index in [1.165, 1.54) is 32.5 Å². The second-order valence-corrected chi connectivity index (χ2v) is 6.31. The molecule has 0 amide bonds. The van der Waals surface area contributed by atoms with Crippen molar-refractivity contribution in [3.63, 3.8) is 0 Å². The van der Waals surface area contributed by atoms with Gasteiger partial charge in [-0.25, -0.2) is 4.98 Å². The van der Waals surface area contributed by atoms with E-state index in [4.69, 9.17) is 4.74 Å². The molecular formula is C12H16N2OS. The van der Waals surface area contributed by atoms with Gasteiger partial charge in [-0.3, -0.25) is 0 Å². The number of nitrogens with zero attached hydrogens (tertiary/aromatic N) is 2. The highest BCUT2D eigenvalue weighted by Gasteiger charge is 2.48. The average molecular weight is 236 g/mol. The lowest BCUT2D eigenvalue weighted by Gasteiger charge is -2.55. The molecule has 0 spiro atoms. The fourth-order valence-electron chi connectivity index (χ4n) is 3.94. The molecule has 1 aliphatic carbocycles. The maximum absolute atomic E-state index is 6.11. The molecule has 5 rings (SSSR count). The van der Waals surface area contributed by atoms with Crippen molar-refractivity contribution in [1.29, 1.82) is 0 Å². The third-order valence-corrected chi connectivity index (χ3v) is 5.01. The highest BCUT2D eigenvalue weighted by atomic mass is 32.1. The number of aromatic nitrogens is 1. The summed E-state index contributed by atoms with van der Waals surface area (Å²) in [6, 6.07) is 0. The van der Waals surface area contributed by atoms with E-state index in [2.05, 4.69) is 9.88 Å². The maximum atomic E-state index is 6.11. The van der Waals surface area contributed by atoms with Crippen molar-refractivity contribution in [2.24, 2.45) is 17.8 Å². The zero-order chi connectivity index (χ0) is 10.5. The van der Waals surface area contributed by atoms with Crippen LogP contribution < -0.4 is 4.74 Å². The van der Waals surface area contributed by atoms with Crippen molar-refractivity contribution in [3.05, 3.63) is 11.6 Å². The number of ether oxygens (including phenoxy) is 1.